The molecule has 0 amide bonds. The zero-order valence-corrected chi connectivity index (χ0v) is 10.1. The van der Waals surface area contributed by atoms with Crippen LogP contribution in [0.2, 0.25) is 0 Å². The molecule has 19 heavy (non-hydrogen) atoms. The molecular formula is C14H12N4O. The minimum atomic E-state index is -0.814. The Morgan fingerprint density at radius 1 is 1.05 bits per heavy atom. The average Bonchev–Trinajstić information content (AvgIpc) is 2.98. The molecule has 0 aliphatic carbocycles. The first-order valence-corrected chi connectivity index (χ1v) is 5.90. The fraction of sp³-hybridized carbons (Fsp3) is 0.0714. The van der Waals surface area contributed by atoms with E-state index >= 15 is 0 Å². The largest absolute Gasteiger partial charge is 0.382 e. The minimum absolute atomic E-state index is 0.497. The zero-order chi connectivity index (χ0) is 13.1. The van der Waals surface area contributed by atoms with Crippen molar-refractivity contribution in [2.45, 2.75) is 6.10 Å². The molecule has 1 aromatic carbocycles. The number of pyridine rings is 1. The molecule has 0 saturated heterocycles. The van der Waals surface area contributed by atoms with E-state index in [9.17, 15) is 5.11 Å². The summed E-state index contributed by atoms with van der Waals surface area (Å²) in [5, 5.41) is 18.2. The van der Waals surface area contributed by atoms with Crippen molar-refractivity contribution in [3.8, 4) is 5.69 Å². The maximum Gasteiger partial charge on any atom is 0.126 e. The lowest BCUT2D eigenvalue weighted by Crippen LogP contribution is -2.00. The number of rotatable bonds is 3. The second kappa shape index (κ2) is 4.99. The summed E-state index contributed by atoms with van der Waals surface area (Å²) in [6, 6.07) is 13.2. The van der Waals surface area contributed by atoms with Gasteiger partial charge in [-0.05, 0) is 18.2 Å². The van der Waals surface area contributed by atoms with Gasteiger partial charge in [-0.3, -0.25) is 4.98 Å². The number of nitrogens with zero attached hydrogens (tertiary/aromatic N) is 4. The van der Waals surface area contributed by atoms with E-state index in [4.69, 9.17) is 0 Å². The number of hydrogen-bond donors (Lipinski definition) is 1. The summed E-state index contributed by atoms with van der Waals surface area (Å²) in [7, 11) is 0. The first kappa shape index (κ1) is 11.6. The normalized spacial score (nSPS) is 12.3. The van der Waals surface area contributed by atoms with E-state index in [1.54, 1.807) is 35.4 Å². The first-order chi connectivity index (χ1) is 9.34. The van der Waals surface area contributed by atoms with Crippen molar-refractivity contribution in [1.29, 1.82) is 0 Å². The highest BCUT2D eigenvalue weighted by molar-refractivity contribution is 5.31. The fourth-order valence-electron chi connectivity index (χ4n) is 1.82. The van der Waals surface area contributed by atoms with Gasteiger partial charge in [-0.25, -0.2) is 4.68 Å². The van der Waals surface area contributed by atoms with E-state index in [1.165, 1.54) is 0 Å². The van der Waals surface area contributed by atoms with Gasteiger partial charge in [-0.1, -0.05) is 29.5 Å². The third kappa shape index (κ3) is 2.36. The van der Waals surface area contributed by atoms with Gasteiger partial charge in [0.25, 0.3) is 0 Å². The van der Waals surface area contributed by atoms with Crippen LogP contribution in [0.25, 0.3) is 5.69 Å². The van der Waals surface area contributed by atoms with E-state index in [1.807, 2.05) is 30.3 Å². The highest BCUT2D eigenvalue weighted by atomic mass is 16.3. The Balaban J connectivity index is 1.90. The van der Waals surface area contributed by atoms with Gasteiger partial charge in [0.15, 0.2) is 0 Å². The summed E-state index contributed by atoms with van der Waals surface area (Å²) in [5.74, 6) is 0. The Morgan fingerprint density at radius 2 is 1.89 bits per heavy atom. The first-order valence-electron chi connectivity index (χ1n) is 5.90. The van der Waals surface area contributed by atoms with Crippen LogP contribution in [0.4, 0.5) is 0 Å². The molecule has 94 valence electrons. The lowest BCUT2D eigenvalue weighted by Gasteiger charge is -2.05. The predicted octanol–water partition coefficient (Wildman–Crippen LogP) is 1.74. The van der Waals surface area contributed by atoms with Crippen LogP contribution in [0.3, 0.4) is 0 Å². The van der Waals surface area contributed by atoms with Gasteiger partial charge in [-0.15, -0.1) is 5.10 Å². The molecule has 0 spiro atoms. The number of para-hydroxylation sites is 1. The number of aromatic nitrogens is 4. The van der Waals surface area contributed by atoms with Crippen LogP contribution in [0.5, 0.6) is 0 Å². The molecule has 3 aromatic rings. The minimum Gasteiger partial charge on any atom is -0.382 e. The summed E-state index contributed by atoms with van der Waals surface area (Å²) >= 11 is 0. The molecule has 5 nitrogen and oxygen atoms in total. The summed E-state index contributed by atoms with van der Waals surface area (Å²) < 4.78 is 1.63. The van der Waals surface area contributed by atoms with Crippen LogP contribution < -0.4 is 0 Å². The summed E-state index contributed by atoms with van der Waals surface area (Å²) in [5.41, 5.74) is 2.10. The number of benzene rings is 1. The van der Waals surface area contributed by atoms with E-state index in [2.05, 4.69) is 15.3 Å². The van der Waals surface area contributed by atoms with E-state index in [0.717, 1.165) is 5.69 Å². The van der Waals surface area contributed by atoms with Crippen LogP contribution >= 0.6 is 0 Å². The fourth-order valence-corrected chi connectivity index (χ4v) is 1.82. The highest BCUT2D eigenvalue weighted by Crippen LogP contribution is 2.19. The second-order valence-electron chi connectivity index (χ2n) is 4.11. The Bertz CT molecular complexity index is 651. The van der Waals surface area contributed by atoms with E-state index in [-0.39, 0.29) is 0 Å². The van der Waals surface area contributed by atoms with Gasteiger partial charge in [0.1, 0.15) is 11.8 Å². The van der Waals surface area contributed by atoms with Crippen LogP contribution in [0, 0.1) is 0 Å². The van der Waals surface area contributed by atoms with Crippen molar-refractivity contribution in [1.82, 2.24) is 20.0 Å². The van der Waals surface area contributed by atoms with Crippen molar-refractivity contribution < 1.29 is 5.11 Å². The smallest absolute Gasteiger partial charge is 0.126 e. The van der Waals surface area contributed by atoms with Gasteiger partial charge in [0, 0.05) is 18.0 Å². The van der Waals surface area contributed by atoms with Crippen molar-refractivity contribution >= 4 is 0 Å². The highest BCUT2D eigenvalue weighted by Gasteiger charge is 2.14. The third-order valence-electron chi connectivity index (χ3n) is 2.81. The van der Waals surface area contributed by atoms with Crippen molar-refractivity contribution in [2.75, 3.05) is 0 Å². The van der Waals surface area contributed by atoms with Crippen LogP contribution in [0.1, 0.15) is 17.4 Å². The van der Waals surface area contributed by atoms with Gasteiger partial charge < -0.3 is 5.11 Å². The summed E-state index contributed by atoms with van der Waals surface area (Å²) in [6.45, 7) is 0. The monoisotopic (exact) mass is 252 g/mol. The quantitative estimate of drug-likeness (QED) is 0.771. The Hall–Kier alpha value is -2.53. The molecule has 2 aromatic heterocycles. The zero-order valence-electron chi connectivity index (χ0n) is 10.1. The lowest BCUT2D eigenvalue weighted by atomic mass is 10.1. The summed E-state index contributed by atoms with van der Waals surface area (Å²) in [4.78, 5) is 3.98. The number of aliphatic hydroxyl groups is 1. The van der Waals surface area contributed by atoms with E-state index < -0.39 is 6.10 Å². The Labute approximate surface area is 110 Å². The van der Waals surface area contributed by atoms with Crippen LogP contribution in [-0.4, -0.2) is 25.1 Å². The summed E-state index contributed by atoms with van der Waals surface area (Å²) in [6.07, 6.45) is 4.18. The topological polar surface area (TPSA) is 63.8 Å². The maximum atomic E-state index is 10.2. The molecule has 0 fully saturated rings. The molecule has 0 aliphatic rings. The van der Waals surface area contributed by atoms with Crippen molar-refractivity contribution in [3.05, 3.63) is 72.3 Å². The average molecular weight is 252 g/mol. The SMILES string of the molecule is OC(c1cccnc1)c1cn(-c2ccccc2)nn1. The van der Waals surface area contributed by atoms with Gasteiger partial charge >= 0.3 is 0 Å². The Kier molecular flexibility index (Phi) is 3.04. The third-order valence-corrected chi connectivity index (χ3v) is 2.81. The molecule has 1 N–H and O–H groups in total. The molecule has 0 aliphatic heterocycles. The van der Waals surface area contributed by atoms with Gasteiger partial charge in [0.2, 0.25) is 0 Å². The molecule has 1 unspecified atom stereocenters. The predicted molar refractivity (Wildman–Crippen MR) is 69.7 cm³/mol. The molecular weight excluding hydrogens is 240 g/mol. The molecule has 0 saturated carbocycles. The molecule has 3 rings (SSSR count). The van der Waals surface area contributed by atoms with Crippen molar-refractivity contribution in [2.24, 2.45) is 0 Å². The van der Waals surface area contributed by atoms with Gasteiger partial charge in [-0.2, -0.15) is 0 Å². The standard InChI is InChI=1S/C14H12N4O/c19-14(11-5-4-8-15-9-11)13-10-18(17-16-13)12-6-2-1-3-7-12/h1-10,14,19H. The lowest BCUT2D eigenvalue weighted by molar-refractivity contribution is 0.214. The van der Waals surface area contributed by atoms with E-state index in [0.29, 0.717) is 11.3 Å². The van der Waals surface area contributed by atoms with Crippen LogP contribution in [0.15, 0.2) is 61.1 Å². The molecule has 1 atom stereocenters. The Morgan fingerprint density at radius 3 is 2.63 bits per heavy atom. The second-order valence-corrected chi connectivity index (χ2v) is 4.11. The molecule has 5 heteroatoms. The number of aliphatic hydroxyl groups excluding tert-OH is 1. The van der Waals surface area contributed by atoms with Crippen LogP contribution in [-0.2, 0) is 0 Å². The molecule has 0 radical (unpaired) electrons. The molecule has 0 bridgehead atoms. The van der Waals surface area contributed by atoms with Crippen molar-refractivity contribution in [3.63, 3.8) is 0 Å². The van der Waals surface area contributed by atoms with Gasteiger partial charge in [0.05, 0.1) is 11.9 Å². The molecule has 2 heterocycles. The number of hydrogen-bond acceptors (Lipinski definition) is 4. The maximum absolute atomic E-state index is 10.2.